The largest absolute Gasteiger partial charge is 0.350 e. The number of hydrogen-bond donors (Lipinski definition) is 1. The van der Waals surface area contributed by atoms with Crippen LogP contribution in [0.4, 0.5) is 5.82 Å². The van der Waals surface area contributed by atoms with Crippen molar-refractivity contribution in [3.63, 3.8) is 0 Å². The van der Waals surface area contributed by atoms with E-state index in [0.717, 1.165) is 24.5 Å². The molecule has 2 heterocycles. The molecule has 1 aliphatic carbocycles. The number of nitrogens with zero attached hydrogens (tertiary/aromatic N) is 3. The zero-order valence-electron chi connectivity index (χ0n) is 13.1. The summed E-state index contributed by atoms with van der Waals surface area (Å²) in [5, 5.41) is 3.14. The maximum absolute atomic E-state index is 12.0. The van der Waals surface area contributed by atoms with Crippen LogP contribution in [0.2, 0.25) is 0 Å². The third-order valence-corrected chi connectivity index (χ3v) is 4.40. The second-order valence-corrected chi connectivity index (χ2v) is 7.14. The van der Waals surface area contributed by atoms with Crippen molar-refractivity contribution in [3.05, 3.63) is 18.1 Å². The Labute approximate surface area is 126 Å². The fourth-order valence-electron chi connectivity index (χ4n) is 3.30. The monoisotopic (exact) mass is 288 g/mol. The molecule has 5 heteroatoms. The van der Waals surface area contributed by atoms with Crippen LogP contribution in [0.15, 0.2) is 12.3 Å². The third kappa shape index (κ3) is 2.87. The average molecular weight is 288 g/mol. The summed E-state index contributed by atoms with van der Waals surface area (Å²) in [5.41, 5.74) is -0.0833. The van der Waals surface area contributed by atoms with Crippen molar-refractivity contribution in [3.8, 4) is 0 Å². The van der Waals surface area contributed by atoms with Crippen LogP contribution in [0.5, 0.6) is 0 Å². The summed E-state index contributed by atoms with van der Waals surface area (Å²) in [5.74, 6) is 1.83. The maximum Gasteiger partial charge on any atom is 0.239 e. The number of carbonyl (C=O) groups is 1. The van der Waals surface area contributed by atoms with Gasteiger partial charge in [-0.15, -0.1) is 0 Å². The van der Waals surface area contributed by atoms with Crippen molar-refractivity contribution in [2.24, 2.45) is 0 Å². The number of anilines is 1. The highest BCUT2D eigenvalue weighted by Crippen LogP contribution is 2.29. The summed E-state index contributed by atoms with van der Waals surface area (Å²) in [7, 11) is 0. The fraction of sp³-hybridized carbons (Fsp3) is 0.688. The molecule has 1 aliphatic heterocycles. The number of piperazine rings is 1. The van der Waals surface area contributed by atoms with Gasteiger partial charge in [0.25, 0.3) is 0 Å². The van der Waals surface area contributed by atoms with Crippen molar-refractivity contribution >= 4 is 11.7 Å². The molecule has 1 aromatic rings. The molecule has 114 valence electrons. The number of hydrogen-bond acceptors (Lipinski definition) is 4. The van der Waals surface area contributed by atoms with E-state index < -0.39 is 0 Å². The molecule has 1 amide bonds. The lowest BCUT2D eigenvalue weighted by Gasteiger charge is -2.44. The van der Waals surface area contributed by atoms with Gasteiger partial charge >= 0.3 is 0 Å². The van der Waals surface area contributed by atoms with Crippen LogP contribution in [-0.2, 0) is 10.2 Å². The lowest BCUT2D eigenvalue weighted by Crippen LogP contribution is -2.62. The molecule has 1 saturated heterocycles. The standard InChI is InChI=1S/C16H24N4O/c1-16(2,3)15-17-9-8-13(19-15)20-10-14(21)18-11-6-4-5-7-12(11)20/h8-9,11-12H,4-7,10H2,1-3H3,(H,18,21)/t11-,12+/m1/s1. The lowest BCUT2D eigenvalue weighted by atomic mass is 9.87. The van der Waals surface area contributed by atoms with E-state index in [1.165, 1.54) is 12.8 Å². The van der Waals surface area contributed by atoms with E-state index in [-0.39, 0.29) is 17.4 Å². The van der Waals surface area contributed by atoms with Crippen LogP contribution in [-0.4, -0.2) is 34.5 Å². The minimum Gasteiger partial charge on any atom is -0.350 e. The number of fused-ring (bicyclic) bond motifs is 1. The molecular weight excluding hydrogens is 264 g/mol. The molecule has 1 saturated carbocycles. The highest BCUT2D eigenvalue weighted by molar-refractivity contribution is 5.83. The van der Waals surface area contributed by atoms with Crippen LogP contribution in [0.1, 0.15) is 52.3 Å². The van der Waals surface area contributed by atoms with E-state index in [4.69, 9.17) is 4.98 Å². The van der Waals surface area contributed by atoms with Crippen molar-refractivity contribution in [1.82, 2.24) is 15.3 Å². The van der Waals surface area contributed by atoms with E-state index in [2.05, 4.69) is 36.0 Å². The van der Waals surface area contributed by atoms with Gasteiger partial charge in [0.05, 0.1) is 12.6 Å². The molecule has 1 aromatic heterocycles. The summed E-state index contributed by atoms with van der Waals surface area (Å²) >= 11 is 0. The van der Waals surface area contributed by atoms with Gasteiger partial charge in [-0.05, 0) is 18.9 Å². The molecule has 3 rings (SSSR count). The normalized spacial score (nSPS) is 26.2. The lowest BCUT2D eigenvalue weighted by molar-refractivity contribution is -0.122. The molecule has 1 N–H and O–H groups in total. The molecule has 2 fully saturated rings. The smallest absolute Gasteiger partial charge is 0.239 e. The molecule has 0 aromatic carbocycles. The zero-order chi connectivity index (χ0) is 15.0. The Morgan fingerprint density at radius 2 is 2.05 bits per heavy atom. The highest BCUT2D eigenvalue weighted by Gasteiger charge is 2.37. The summed E-state index contributed by atoms with van der Waals surface area (Å²) in [6.07, 6.45) is 6.44. The van der Waals surface area contributed by atoms with Crippen molar-refractivity contribution in [2.45, 2.75) is 64.0 Å². The van der Waals surface area contributed by atoms with Gasteiger partial charge in [0.2, 0.25) is 5.91 Å². The topological polar surface area (TPSA) is 58.1 Å². The second-order valence-electron chi connectivity index (χ2n) is 7.14. The molecule has 0 bridgehead atoms. The number of rotatable bonds is 1. The number of aromatic nitrogens is 2. The van der Waals surface area contributed by atoms with E-state index >= 15 is 0 Å². The second kappa shape index (κ2) is 5.28. The number of carbonyl (C=O) groups excluding carboxylic acids is 1. The van der Waals surface area contributed by atoms with Crippen LogP contribution in [0.3, 0.4) is 0 Å². The van der Waals surface area contributed by atoms with Gasteiger partial charge in [0.15, 0.2) is 0 Å². The Bertz CT molecular complexity index is 537. The van der Waals surface area contributed by atoms with Gasteiger partial charge < -0.3 is 10.2 Å². The molecule has 0 unspecified atom stereocenters. The summed E-state index contributed by atoms with van der Waals surface area (Å²) in [4.78, 5) is 23.3. The number of amides is 1. The number of nitrogens with one attached hydrogen (secondary N) is 1. The Kier molecular flexibility index (Phi) is 3.59. The average Bonchev–Trinajstić information content (AvgIpc) is 2.45. The minimum atomic E-state index is -0.0833. The predicted octanol–water partition coefficient (Wildman–Crippen LogP) is 2.02. The first kappa shape index (κ1) is 14.3. The van der Waals surface area contributed by atoms with E-state index in [1.807, 2.05) is 12.3 Å². The highest BCUT2D eigenvalue weighted by atomic mass is 16.2. The van der Waals surface area contributed by atoms with Crippen molar-refractivity contribution < 1.29 is 4.79 Å². The Morgan fingerprint density at radius 1 is 1.29 bits per heavy atom. The molecule has 2 atom stereocenters. The molecule has 21 heavy (non-hydrogen) atoms. The van der Waals surface area contributed by atoms with Crippen molar-refractivity contribution in [2.75, 3.05) is 11.4 Å². The zero-order valence-corrected chi connectivity index (χ0v) is 13.1. The quantitative estimate of drug-likeness (QED) is 0.859. The van der Waals surface area contributed by atoms with E-state index in [1.54, 1.807) is 0 Å². The molecular formula is C16H24N4O. The minimum absolute atomic E-state index is 0.0833. The fourth-order valence-corrected chi connectivity index (χ4v) is 3.30. The summed E-state index contributed by atoms with van der Waals surface area (Å²) in [6.45, 7) is 6.73. The Balaban J connectivity index is 1.92. The Morgan fingerprint density at radius 3 is 2.81 bits per heavy atom. The molecule has 0 spiro atoms. The first-order valence-electron chi connectivity index (χ1n) is 7.85. The predicted molar refractivity (Wildman–Crippen MR) is 82.3 cm³/mol. The van der Waals surface area contributed by atoms with Gasteiger partial charge in [-0.1, -0.05) is 33.6 Å². The van der Waals surface area contributed by atoms with Crippen molar-refractivity contribution in [1.29, 1.82) is 0 Å². The van der Waals surface area contributed by atoms with Gasteiger partial charge in [-0.25, -0.2) is 9.97 Å². The van der Waals surface area contributed by atoms with Gasteiger partial charge in [-0.3, -0.25) is 4.79 Å². The van der Waals surface area contributed by atoms with Gasteiger partial charge in [0, 0.05) is 17.7 Å². The summed E-state index contributed by atoms with van der Waals surface area (Å²) in [6, 6.07) is 2.58. The first-order valence-corrected chi connectivity index (χ1v) is 7.85. The molecule has 5 nitrogen and oxygen atoms in total. The Hall–Kier alpha value is -1.65. The molecule has 2 aliphatic rings. The van der Waals surface area contributed by atoms with Gasteiger partial charge in [-0.2, -0.15) is 0 Å². The molecule has 0 radical (unpaired) electrons. The van der Waals surface area contributed by atoms with Gasteiger partial charge in [0.1, 0.15) is 11.6 Å². The van der Waals surface area contributed by atoms with Crippen LogP contribution < -0.4 is 10.2 Å². The first-order chi connectivity index (χ1) is 9.95. The SMILES string of the molecule is CC(C)(C)c1nccc(N2CC(=O)N[C@@H]3CCCC[C@@H]32)n1. The maximum atomic E-state index is 12.0. The summed E-state index contributed by atoms with van der Waals surface area (Å²) < 4.78 is 0. The van der Waals surface area contributed by atoms with E-state index in [9.17, 15) is 4.79 Å². The van der Waals surface area contributed by atoms with Crippen LogP contribution >= 0.6 is 0 Å². The van der Waals surface area contributed by atoms with E-state index in [0.29, 0.717) is 12.6 Å². The van der Waals surface area contributed by atoms with Crippen LogP contribution in [0, 0.1) is 0 Å². The third-order valence-electron chi connectivity index (χ3n) is 4.40. The van der Waals surface area contributed by atoms with Crippen LogP contribution in [0.25, 0.3) is 0 Å².